The summed E-state index contributed by atoms with van der Waals surface area (Å²) in [5, 5.41) is 0. The van der Waals surface area contributed by atoms with Crippen LogP contribution in [0.15, 0.2) is 22.3 Å². The molecule has 0 N–H and O–H groups in total. The first-order valence-electron chi connectivity index (χ1n) is 11.2. The van der Waals surface area contributed by atoms with Crippen LogP contribution >= 0.6 is 0 Å². The fraction of sp³-hybridized carbons (Fsp3) is 0.750. The maximum atomic E-state index is 12.6. The number of hydrogen-bond acceptors (Lipinski definition) is 2. The van der Waals surface area contributed by atoms with Gasteiger partial charge >= 0.3 is 0 Å². The van der Waals surface area contributed by atoms with E-state index in [0.717, 1.165) is 51.4 Å². The van der Waals surface area contributed by atoms with Gasteiger partial charge in [0.2, 0.25) is 0 Å². The van der Waals surface area contributed by atoms with E-state index in [1.165, 1.54) is 48.0 Å². The lowest BCUT2D eigenvalue weighted by Crippen LogP contribution is -2.23. The monoisotopic (exact) mass is 354 g/mol. The number of fused-ring (bicyclic) bond motifs is 2. The minimum absolute atomic E-state index is 0.447. The smallest absolute Gasteiger partial charge is 0.159 e. The highest BCUT2D eigenvalue weighted by atomic mass is 16.1. The molecule has 4 aliphatic carbocycles. The van der Waals surface area contributed by atoms with Crippen LogP contribution in [0.5, 0.6) is 0 Å². The number of allylic oxidation sites excluding steroid dienone is 4. The van der Waals surface area contributed by atoms with Crippen LogP contribution < -0.4 is 0 Å². The van der Waals surface area contributed by atoms with Gasteiger partial charge in [-0.3, -0.25) is 9.59 Å². The van der Waals surface area contributed by atoms with Crippen molar-refractivity contribution in [2.75, 3.05) is 0 Å². The molecule has 0 radical (unpaired) electrons. The Morgan fingerprint density at radius 3 is 1.54 bits per heavy atom. The van der Waals surface area contributed by atoms with E-state index in [1.54, 1.807) is 0 Å². The van der Waals surface area contributed by atoms with Gasteiger partial charge < -0.3 is 0 Å². The Morgan fingerprint density at radius 1 is 0.731 bits per heavy atom. The molecular formula is C24H34O2. The Balaban J connectivity index is 1.52. The van der Waals surface area contributed by atoms with Crippen LogP contribution in [0.25, 0.3) is 0 Å². The quantitative estimate of drug-likeness (QED) is 0.565. The zero-order valence-electron chi connectivity index (χ0n) is 16.6. The van der Waals surface area contributed by atoms with Crippen LogP contribution in [0.1, 0.15) is 90.9 Å². The SMILES string of the molecule is CCCCC1=C2CC[C@H]([C@H]3CCC4=C(CCCC)C(=O)C[C@@H]43)[C@H]2CC1=O. The average Bonchev–Trinajstić information content (AvgIpc) is 3.33. The van der Waals surface area contributed by atoms with Gasteiger partial charge in [0.05, 0.1) is 0 Å². The van der Waals surface area contributed by atoms with Gasteiger partial charge in [-0.15, -0.1) is 0 Å². The standard InChI is InChI=1S/C24H34O2/c1-3-5-7-19-17-11-9-15(21(17)13-23(19)25)16-10-12-18-20(8-6-4-2)24(26)14-22(16)18/h15-16,21-22H,3-14H2,1-2H3/t15-,16-,21-,22-/m1/s1. The first kappa shape index (κ1) is 18.2. The van der Waals surface area contributed by atoms with Gasteiger partial charge in [-0.05, 0) is 86.2 Å². The molecule has 2 saturated carbocycles. The van der Waals surface area contributed by atoms with Crippen molar-refractivity contribution < 1.29 is 9.59 Å². The third-order valence-electron chi connectivity index (χ3n) is 7.79. The highest BCUT2D eigenvalue weighted by molar-refractivity contribution is 6.00. The fourth-order valence-electron chi connectivity index (χ4n) is 6.57. The molecule has 4 atom stereocenters. The lowest BCUT2D eigenvalue weighted by molar-refractivity contribution is -0.117. The first-order chi connectivity index (χ1) is 12.7. The van der Waals surface area contributed by atoms with Gasteiger partial charge in [0, 0.05) is 12.8 Å². The second-order valence-electron chi connectivity index (χ2n) is 9.09. The van der Waals surface area contributed by atoms with Crippen LogP contribution in [-0.2, 0) is 9.59 Å². The molecule has 0 aliphatic heterocycles. The molecule has 2 heteroatoms. The van der Waals surface area contributed by atoms with Gasteiger partial charge in [-0.2, -0.15) is 0 Å². The Morgan fingerprint density at radius 2 is 1.15 bits per heavy atom. The summed E-state index contributed by atoms with van der Waals surface area (Å²) in [6.07, 6.45) is 13.0. The number of rotatable bonds is 7. The topological polar surface area (TPSA) is 34.1 Å². The zero-order chi connectivity index (χ0) is 18.3. The van der Waals surface area contributed by atoms with Gasteiger partial charge in [0.25, 0.3) is 0 Å². The lowest BCUT2D eigenvalue weighted by Gasteiger charge is -2.27. The van der Waals surface area contributed by atoms with Gasteiger partial charge in [0.15, 0.2) is 11.6 Å². The number of Topliss-reactive ketones (excluding diaryl/α,β-unsaturated/α-hetero) is 2. The number of carbonyl (C=O) groups is 2. The summed E-state index contributed by atoms with van der Waals surface area (Å²) in [5.41, 5.74) is 5.47. The predicted octanol–water partition coefficient (Wildman–Crippen LogP) is 5.96. The van der Waals surface area contributed by atoms with Crippen LogP contribution in [0.3, 0.4) is 0 Å². The highest BCUT2D eigenvalue weighted by Crippen LogP contribution is 2.57. The Bertz CT molecular complexity index is 608. The summed E-state index contributed by atoms with van der Waals surface area (Å²) in [4.78, 5) is 25.2. The minimum atomic E-state index is 0.447. The van der Waals surface area contributed by atoms with E-state index in [4.69, 9.17) is 0 Å². The summed E-state index contributed by atoms with van der Waals surface area (Å²) < 4.78 is 0. The zero-order valence-corrected chi connectivity index (χ0v) is 16.6. The van der Waals surface area contributed by atoms with Crippen LogP contribution in [0.2, 0.25) is 0 Å². The summed E-state index contributed by atoms with van der Waals surface area (Å²) in [6, 6.07) is 0. The molecule has 0 amide bonds. The molecule has 0 heterocycles. The molecular weight excluding hydrogens is 320 g/mol. The molecule has 0 saturated heterocycles. The van der Waals surface area contributed by atoms with Crippen LogP contribution in [0, 0.1) is 23.7 Å². The summed E-state index contributed by atoms with van der Waals surface area (Å²) in [7, 11) is 0. The Labute approximate surface area is 158 Å². The summed E-state index contributed by atoms with van der Waals surface area (Å²) in [6.45, 7) is 4.42. The van der Waals surface area contributed by atoms with Crippen LogP contribution in [0.4, 0.5) is 0 Å². The highest BCUT2D eigenvalue weighted by Gasteiger charge is 2.50. The van der Waals surface area contributed by atoms with Crippen LogP contribution in [-0.4, -0.2) is 11.6 Å². The van der Waals surface area contributed by atoms with Gasteiger partial charge in [0.1, 0.15) is 0 Å². The molecule has 0 aromatic heterocycles. The number of ketones is 2. The van der Waals surface area contributed by atoms with Crippen molar-refractivity contribution in [1.82, 2.24) is 0 Å². The fourth-order valence-corrected chi connectivity index (χ4v) is 6.57. The second kappa shape index (κ2) is 7.44. The van der Waals surface area contributed by atoms with Crippen molar-refractivity contribution in [2.24, 2.45) is 23.7 Å². The molecule has 0 aromatic rings. The number of hydrogen-bond donors (Lipinski definition) is 0. The Hall–Kier alpha value is -1.18. The van der Waals surface area contributed by atoms with Gasteiger partial charge in [-0.25, -0.2) is 0 Å². The van der Waals surface area contributed by atoms with Crippen molar-refractivity contribution in [3.05, 3.63) is 22.3 Å². The number of carbonyl (C=O) groups excluding carboxylic acids is 2. The molecule has 2 fully saturated rings. The molecule has 4 rings (SSSR count). The minimum Gasteiger partial charge on any atom is -0.295 e. The maximum absolute atomic E-state index is 12.6. The molecule has 0 spiro atoms. The van der Waals surface area contributed by atoms with E-state index in [2.05, 4.69) is 13.8 Å². The molecule has 0 aromatic carbocycles. The molecule has 142 valence electrons. The average molecular weight is 355 g/mol. The first-order valence-corrected chi connectivity index (χ1v) is 11.2. The normalized spacial score (nSPS) is 33.6. The second-order valence-corrected chi connectivity index (χ2v) is 9.09. The van der Waals surface area contributed by atoms with E-state index in [1.807, 2.05) is 0 Å². The van der Waals surface area contributed by atoms with Crippen molar-refractivity contribution in [3.63, 3.8) is 0 Å². The molecule has 2 nitrogen and oxygen atoms in total. The largest absolute Gasteiger partial charge is 0.295 e. The van der Waals surface area contributed by atoms with E-state index in [-0.39, 0.29) is 0 Å². The predicted molar refractivity (Wildman–Crippen MR) is 105 cm³/mol. The third-order valence-corrected chi connectivity index (χ3v) is 7.79. The van der Waals surface area contributed by atoms with Crippen molar-refractivity contribution in [3.8, 4) is 0 Å². The summed E-state index contributed by atoms with van der Waals surface area (Å²) >= 11 is 0. The van der Waals surface area contributed by atoms with Crippen molar-refractivity contribution in [2.45, 2.75) is 90.9 Å². The van der Waals surface area contributed by atoms with Crippen molar-refractivity contribution in [1.29, 1.82) is 0 Å². The number of unbranched alkanes of at least 4 members (excludes halogenated alkanes) is 2. The molecule has 26 heavy (non-hydrogen) atoms. The van der Waals surface area contributed by atoms with E-state index in [9.17, 15) is 9.59 Å². The molecule has 0 bridgehead atoms. The maximum Gasteiger partial charge on any atom is 0.159 e. The summed E-state index contributed by atoms with van der Waals surface area (Å²) in [5.74, 6) is 3.26. The van der Waals surface area contributed by atoms with E-state index < -0.39 is 0 Å². The van der Waals surface area contributed by atoms with E-state index >= 15 is 0 Å². The van der Waals surface area contributed by atoms with E-state index in [0.29, 0.717) is 35.2 Å². The molecule has 0 unspecified atom stereocenters. The third kappa shape index (κ3) is 2.94. The lowest BCUT2D eigenvalue weighted by atomic mass is 9.76. The Kier molecular flexibility index (Phi) is 5.21. The van der Waals surface area contributed by atoms with Gasteiger partial charge in [-0.1, -0.05) is 37.8 Å². The molecule has 4 aliphatic rings. The van der Waals surface area contributed by atoms with Crippen molar-refractivity contribution >= 4 is 11.6 Å².